The van der Waals surface area contributed by atoms with Crippen molar-refractivity contribution in [1.29, 1.82) is 0 Å². The van der Waals surface area contributed by atoms with Gasteiger partial charge in [0.05, 0.1) is 22.5 Å². The molecule has 2 heterocycles. The lowest BCUT2D eigenvalue weighted by Crippen LogP contribution is -2.20. The van der Waals surface area contributed by atoms with Crippen LogP contribution in [0, 0.1) is 0 Å². The number of aromatic amines is 1. The van der Waals surface area contributed by atoms with Gasteiger partial charge in [0, 0.05) is 18.4 Å². The number of hydrogen-bond donors (Lipinski definition) is 3. The molecule has 8 nitrogen and oxygen atoms in total. The molecule has 0 atom stereocenters. The fourth-order valence-electron chi connectivity index (χ4n) is 2.02. The quantitative estimate of drug-likeness (QED) is 0.793. The van der Waals surface area contributed by atoms with Gasteiger partial charge in [0.25, 0.3) is 0 Å². The van der Waals surface area contributed by atoms with Crippen LogP contribution in [-0.4, -0.2) is 35.9 Å². The first-order valence-electron chi connectivity index (χ1n) is 6.71. The third kappa shape index (κ3) is 3.25. The van der Waals surface area contributed by atoms with Crippen molar-refractivity contribution in [3.8, 4) is 0 Å². The number of rotatable bonds is 4. The molecule has 1 aliphatic carbocycles. The molecule has 0 bridgehead atoms. The van der Waals surface area contributed by atoms with Crippen LogP contribution >= 0.6 is 0 Å². The summed E-state index contributed by atoms with van der Waals surface area (Å²) in [6.07, 6.45) is 6.05. The van der Waals surface area contributed by atoms with Crippen LogP contribution in [0.15, 0.2) is 29.4 Å². The van der Waals surface area contributed by atoms with E-state index in [9.17, 15) is 13.2 Å². The molecule has 1 aliphatic rings. The van der Waals surface area contributed by atoms with Crippen LogP contribution < -0.4 is 10.6 Å². The Morgan fingerprint density at radius 1 is 1.27 bits per heavy atom. The van der Waals surface area contributed by atoms with Gasteiger partial charge in [0.1, 0.15) is 5.82 Å². The van der Waals surface area contributed by atoms with Gasteiger partial charge in [-0.3, -0.25) is 10.4 Å². The largest absolute Gasteiger partial charge is 0.324 e. The topological polar surface area (TPSA) is 117 Å². The molecule has 0 saturated heterocycles. The number of nitrogens with zero attached hydrogens (tertiary/aromatic N) is 2. The van der Waals surface area contributed by atoms with Gasteiger partial charge < -0.3 is 5.32 Å². The fraction of sp³-hybridized carbons (Fsp3) is 0.308. The second-order valence-electron chi connectivity index (χ2n) is 5.20. The number of amides is 2. The number of anilines is 2. The lowest BCUT2D eigenvalue weighted by atomic mass is 10.2. The van der Waals surface area contributed by atoms with Crippen LogP contribution in [0.1, 0.15) is 24.5 Å². The van der Waals surface area contributed by atoms with Crippen LogP contribution in [0.3, 0.4) is 0 Å². The third-order valence-electron chi connectivity index (χ3n) is 3.31. The summed E-state index contributed by atoms with van der Waals surface area (Å²) in [7, 11) is -3.30. The molecule has 3 rings (SSSR count). The van der Waals surface area contributed by atoms with Crippen LogP contribution in [0.25, 0.3) is 0 Å². The molecule has 0 spiro atoms. The molecule has 1 saturated carbocycles. The Bertz CT molecular complexity index is 793. The molecule has 9 heteroatoms. The van der Waals surface area contributed by atoms with Crippen molar-refractivity contribution in [3.63, 3.8) is 0 Å². The van der Waals surface area contributed by atoms with Crippen molar-refractivity contribution >= 4 is 27.4 Å². The van der Waals surface area contributed by atoms with Gasteiger partial charge in [-0.2, -0.15) is 5.10 Å². The van der Waals surface area contributed by atoms with Gasteiger partial charge >= 0.3 is 6.03 Å². The van der Waals surface area contributed by atoms with E-state index in [0.717, 1.165) is 24.8 Å². The Hall–Kier alpha value is -2.42. The summed E-state index contributed by atoms with van der Waals surface area (Å²) in [6, 6.07) is 2.38. The van der Waals surface area contributed by atoms with E-state index < -0.39 is 15.9 Å². The number of H-pyrrole nitrogens is 1. The SMILES string of the molecule is CS(=O)(=O)c1ccc(NC(=O)Nc2cn[nH]c2C2CC2)nc1. The number of urea groups is 1. The zero-order valence-corrected chi connectivity index (χ0v) is 12.6. The van der Waals surface area contributed by atoms with E-state index in [1.807, 2.05) is 0 Å². The molecule has 0 unspecified atom stereocenters. The second-order valence-corrected chi connectivity index (χ2v) is 7.22. The maximum absolute atomic E-state index is 11.9. The summed E-state index contributed by atoms with van der Waals surface area (Å²) in [5, 5.41) is 12.1. The zero-order chi connectivity index (χ0) is 15.7. The van der Waals surface area contributed by atoms with E-state index in [1.165, 1.54) is 18.3 Å². The van der Waals surface area contributed by atoms with E-state index in [1.54, 1.807) is 6.20 Å². The normalized spacial score (nSPS) is 14.6. The molecule has 2 aromatic heterocycles. The van der Waals surface area contributed by atoms with Crippen molar-refractivity contribution in [3.05, 3.63) is 30.2 Å². The van der Waals surface area contributed by atoms with Crippen LogP contribution in [-0.2, 0) is 9.84 Å². The molecular formula is C13H15N5O3S. The summed E-state index contributed by atoms with van der Waals surface area (Å²) in [4.78, 5) is 15.9. The van der Waals surface area contributed by atoms with E-state index in [0.29, 0.717) is 11.6 Å². The average molecular weight is 321 g/mol. The van der Waals surface area contributed by atoms with Crippen molar-refractivity contribution in [1.82, 2.24) is 15.2 Å². The number of aromatic nitrogens is 3. The van der Waals surface area contributed by atoms with Crippen molar-refractivity contribution < 1.29 is 13.2 Å². The smallest absolute Gasteiger partial charge is 0.305 e. The third-order valence-corrected chi connectivity index (χ3v) is 4.41. The van der Waals surface area contributed by atoms with Crippen molar-refractivity contribution in [2.24, 2.45) is 0 Å². The molecule has 0 aliphatic heterocycles. The summed E-state index contributed by atoms with van der Waals surface area (Å²) in [5.41, 5.74) is 1.57. The molecule has 2 amide bonds. The molecule has 2 aromatic rings. The summed E-state index contributed by atoms with van der Waals surface area (Å²) < 4.78 is 22.7. The molecular weight excluding hydrogens is 306 g/mol. The number of hydrogen-bond acceptors (Lipinski definition) is 5. The minimum Gasteiger partial charge on any atom is -0.305 e. The van der Waals surface area contributed by atoms with Gasteiger partial charge in [-0.15, -0.1) is 0 Å². The minimum absolute atomic E-state index is 0.101. The lowest BCUT2D eigenvalue weighted by Gasteiger charge is -2.07. The zero-order valence-electron chi connectivity index (χ0n) is 11.8. The summed E-state index contributed by atoms with van der Waals surface area (Å²) >= 11 is 0. The van der Waals surface area contributed by atoms with E-state index in [2.05, 4.69) is 25.8 Å². The van der Waals surface area contributed by atoms with Crippen LogP contribution in [0.2, 0.25) is 0 Å². The monoisotopic (exact) mass is 321 g/mol. The molecule has 3 N–H and O–H groups in total. The highest BCUT2D eigenvalue weighted by Gasteiger charge is 2.28. The Balaban J connectivity index is 1.65. The van der Waals surface area contributed by atoms with Gasteiger partial charge in [0.15, 0.2) is 9.84 Å². The summed E-state index contributed by atoms with van der Waals surface area (Å²) in [6.45, 7) is 0. The van der Waals surface area contributed by atoms with Crippen molar-refractivity contribution in [2.45, 2.75) is 23.7 Å². The second kappa shape index (κ2) is 5.41. The van der Waals surface area contributed by atoms with Gasteiger partial charge in [-0.05, 0) is 25.0 Å². The van der Waals surface area contributed by atoms with Crippen LogP contribution in [0.4, 0.5) is 16.3 Å². The first kappa shape index (κ1) is 14.5. The highest BCUT2D eigenvalue weighted by molar-refractivity contribution is 7.90. The number of carbonyl (C=O) groups is 1. The first-order valence-corrected chi connectivity index (χ1v) is 8.60. The molecule has 0 aromatic carbocycles. The molecule has 1 fully saturated rings. The first-order chi connectivity index (χ1) is 10.4. The number of sulfone groups is 1. The number of nitrogens with one attached hydrogen (secondary N) is 3. The Kier molecular flexibility index (Phi) is 3.57. The average Bonchev–Trinajstić information content (AvgIpc) is 3.19. The van der Waals surface area contributed by atoms with Crippen LogP contribution in [0.5, 0.6) is 0 Å². The highest BCUT2D eigenvalue weighted by Crippen LogP contribution is 2.42. The van der Waals surface area contributed by atoms with Gasteiger partial charge in [-0.25, -0.2) is 18.2 Å². The molecule has 22 heavy (non-hydrogen) atoms. The Labute approximate surface area is 127 Å². The fourth-order valence-corrected chi connectivity index (χ4v) is 2.58. The predicted molar refractivity (Wildman–Crippen MR) is 80.6 cm³/mol. The Morgan fingerprint density at radius 2 is 2.05 bits per heavy atom. The highest BCUT2D eigenvalue weighted by atomic mass is 32.2. The Morgan fingerprint density at radius 3 is 2.64 bits per heavy atom. The standard InChI is InChI=1S/C13H15N5O3S/c1-22(20,21)9-4-5-11(14-6-9)17-13(19)16-10-7-15-18-12(10)8-2-3-8/h4-8H,2-3H2,1H3,(H,15,18)(H2,14,16,17,19). The maximum Gasteiger partial charge on any atom is 0.324 e. The maximum atomic E-state index is 11.9. The van der Waals surface area contributed by atoms with Gasteiger partial charge in [0.2, 0.25) is 0 Å². The number of carbonyl (C=O) groups excluding carboxylic acids is 1. The lowest BCUT2D eigenvalue weighted by molar-refractivity contribution is 0.262. The number of pyridine rings is 1. The predicted octanol–water partition coefficient (Wildman–Crippen LogP) is 1.73. The van der Waals surface area contributed by atoms with E-state index in [4.69, 9.17) is 0 Å². The molecule has 0 radical (unpaired) electrons. The summed E-state index contributed by atoms with van der Waals surface area (Å²) in [5.74, 6) is 0.700. The van der Waals surface area contributed by atoms with E-state index in [-0.39, 0.29) is 10.7 Å². The minimum atomic E-state index is -3.30. The van der Waals surface area contributed by atoms with Gasteiger partial charge in [-0.1, -0.05) is 0 Å². The molecule has 116 valence electrons. The van der Waals surface area contributed by atoms with E-state index >= 15 is 0 Å². The van der Waals surface area contributed by atoms with Crippen molar-refractivity contribution in [2.75, 3.05) is 16.9 Å².